The summed E-state index contributed by atoms with van der Waals surface area (Å²) in [6, 6.07) is 0.0800. The first kappa shape index (κ1) is 12.0. The Morgan fingerprint density at radius 1 is 1.36 bits per heavy atom. The highest BCUT2D eigenvalue weighted by atomic mass is 32.2. The fourth-order valence-electron chi connectivity index (χ4n) is 2.16. The van der Waals surface area contributed by atoms with Crippen molar-refractivity contribution in [3.63, 3.8) is 0 Å². The molecule has 3 unspecified atom stereocenters. The van der Waals surface area contributed by atoms with Gasteiger partial charge in [0.1, 0.15) is 0 Å². The zero-order chi connectivity index (χ0) is 10.8. The standard InChI is InChI=1S/C10H21NO2S/c1-3-4-7-14(12,13)10-6-5-9(11)8(10)2/h8-10H,3-7,11H2,1-2H3. The Morgan fingerprint density at radius 3 is 2.43 bits per heavy atom. The van der Waals surface area contributed by atoms with E-state index in [1.807, 2.05) is 13.8 Å². The molecular weight excluding hydrogens is 198 g/mol. The summed E-state index contributed by atoms with van der Waals surface area (Å²) in [6.07, 6.45) is 3.33. The number of hydrogen-bond acceptors (Lipinski definition) is 3. The van der Waals surface area contributed by atoms with Crippen LogP contribution in [0.4, 0.5) is 0 Å². The zero-order valence-electron chi connectivity index (χ0n) is 9.07. The molecule has 14 heavy (non-hydrogen) atoms. The van der Waals surface area contributed by atoms with Gasteiger partial charge in [-0.15, -0.1) is 0 Å². The molecule has 0 spiro atoms. The molecule has 0 saturated heterocycles. The summed E-state index contributed by atoms with van der Waals surface area (Å²) in [4.78, 5) is 0. The summed E-state index contributed by atoms with van der Waals surface area (Å²) in [5.74, 6) is 0.474. The molecule has 0 amide bonds. The minimum Gasteiger partial charge on any atom is -0.327 e. The summed E-state index contributed by atoms with van der Waals surface area (Å²) in [7, 11) is -2.88. The van der Waals surface area contributed by atoms with Crippen LogP contribution in [0.5, 0.6) is 0 Å². The van der Waals surface area contributed by atoms with E-state index in [2.05, 4.69) is 0 Å². The first-order valence-corrected chi connectivity index (χ1v) is 7.17. The van der Waals surface area contributed by atoms with E-state index in [0.717, 1.165) is 25.7 Å². The van der Waals surface area contributed by atoms with Gasteiger partial charge in [-0.05, 0) is 25.2 Å². The van der Waals surface area contributed by atoms with Crippen LogP contribution in [0.2, 0.25) is 0 Å². The van der Waals surface area contributed by atoms with Crippen LogP contribution >= 0.6 is 0 Å². The lowest BCUT2D eigenvalue weighted by atomic mass is 10.1. The van der Waals surface area contributed by atoms with Gasteiger partial charge in [0.25, 0.3) is 0 Å². The Hall–Kier alpha value is -0.0900. The van der Waals surface area contributed by atoms with Crippen LogP contribution in [0.3, 0.4) is 0 Å². The van der Waals surface area contributed by atoms with Crippen LogP contribution in [0.25, 0.3) is 0 Å². The van der Waals surface area contributed by atoms with Gasteiger partial charge in [0.15, 0.2) is 9.84 Å². The summed E-state index contributed by atoms with van der Waals surface area (Å²) in [5, 5.41) is -0.177. The summed E-state index contributed by atoms with van der Waals surface area (Å²) < 4.78 is 23.8. The van der Waals surface area contributed by atoms with Crippen molar-refractivity contribution in [2.45, 2.75) is 50.8 Å². The quantitative estimate of drug-likeness (QED) is 0.776. The lowest BCUT2D eigenvalue weighted by Gasteiger charge is -2.18. The normalized spacial score (nSPS) is 33.5. The molecule has 0 radical (unpaired) electrons. The largest absolute Gasteiger partial charge is 0.327 e. The SMILES string of the molecule is CCCCS(=O)(=O)C1CCC(N)C1C. The van der Waals surface area contributed by atoms with E-state index in [1.165, 1.54) is 0 Å². The van der Waals surface area contributed by atoms with E-state index in [-0.39, 0.29) is 17.2 Å². The highest BCUT2D eigenvalue weighted by molar-refractivity contribution is 7.92. The average Bonchev–Trinajstić information content (AvgIpc) is 2.45. The second-order valence-electron chi connectivity index (χ2n) is 4.36. The van der Waals surface area contributed by atoms with E-state index in [1.54, 1.807) is 0 Å². The number of sulfone groups is 1. The van der Waals surface area contributed by atoms with Gasteiger partial charge in [0.05, 0.1) is 11.0 Å². The lowest BCUT2D eigenvalue weighted by molar-refractivity contribution is 0.506. The molecule has 1 aliphatic rings. The van der Waals surface area contributed by atoms with E-state index in [0.29, 0.717) is 5.75 Å². The fourth-order valence-corrected chi connectivity index (χ4v) is 4.51. The molecule has 3 nitrogen and oxygen atoms in total. The van der Waals surface area contributed by atoms with Crippen LogP contribution in [0, 0.1) is 5.92 Å². The number of rotatable bonds is 4. The van der Waals surface area contributed by atoms with Crippen LogP contribution in [0.15, 0.2) is 0 Å². The lowest BCUT2D eigenvalue weighted by Crippen LogP contribution is -2.33. The zero-order valence-corrected chi connectivity index (χ0v) is 9.89. The van der Waals surface area contributed by atoms with Crippen molar-refractivity contribution in [3.8, 4) is 0 Å². The fraction of sp³-hybridized carbons (Fsp3) is 1.00. The molecule has 1 rings (SSSR count). The maximum atomic E-state index is 11.9. The van der Waals surface area contributed by atoms with Crippen molar-refractivity contribution in [1.29, 1.82) is 0 Å². The Bertz CT molecular complexity index is 274. The van der Waals surface area contributed by atoms with E-state index in [9.17, 15) is 8.42 Å². The number of hydrogen-bond donors (Lipinski definition) is 1. The van der Waals surface area contributed by atoms with E-state index in [4.69, 9.17) is 5.73 Å². The third-order valence-corrected chi connectivity index (χ3v) is 5.74. The summed E-state index contributed by atoms with van der Waals surface area (Å²) in [6.45, 7) is 3.98. The van der Waals surface area contributed by atoms with Crippen molar-refractivity contribution >= 4 is 9.84 Å². The summed E-state index contributed by atoms with van der Waals surface area (Å²) >= 11 is 0. The predicted octanol–water partition coefficient (Wildman–Crippen LogP) is 1.33. The van der Waals surface area contributed by atoms with Gasteiger partial charge in [0, 0.05) is 6.04 Å². The van der Waals surface area contributed by atoms with Crippen molar-refractivity contribution in [1.82, 2.24) is 0 Å². The Balaban J connectivity index is 2.64. The Labute approximate surface area is 87.0 Å². The molecule has 0 aromatic rings. The van der Waals surface area contributed by atoms with Crippen LogP contribution < -0.4 is 5.73 Å². The highest BCUT2D eigenvalue weighted by Crippen LogP contribution is 2.30. The van der Waals surface area contributed by atoms with Crippen LogP contribution in [-0.2, 0) is 9.84 Å². The van der Waals surface area contributed by atoms with Gasteiger partial charge >= 0.3 is 0 Å². The van der Waals surface area contributed by atoms with Crippen LogP contribution in [0.1, 0.15) is 39.5 Å². The van der Waals surface area contributed by atoms with Crippen LogP contribution in [-0.4, -0.2) is 25.5 Å². The summed E-state index contributed by atoms with van der Waals surface area (Å²) in [5.41, 5.74) is 5.83. The van der Waals surface area contributed by atoms with Gasteiger partial charge in [-0.3, -0.25) is 0 Å². The Kier molecular flexibility index (Phi) is 3.95. The molecular formula is C10H21NO2S. The Morgan fingerprint density at radius 2 is 2.00 bits per heavy atom. The predicted molar refractivity (Wildman–Crippen MR) is 58.9 cm³/mol. The third-order valence-electron chi connectivity index (χ3n) is 3.29. The van der Waals surface area contributed by atoms with Crippen molar-refractivity contribution in [3.05, 3.63) is 0 Å². The molecule has 0 aliphatic heterocycles. The van der Waals surface area contributed by atoms with Gasteiger partial charge in [-0.1, -0.05) is 20.3 Å². The smallest absolute Gasteiger partial charge is 0.153 e. The maximum Gasteiger partial charge on any atom is 0.153 e. The number of nitrogens with two attached hydrogens (primary N) is 1. The molecule has 0 heterocycles. The van der Waals surface area contributed by atoms with E-state index >= 15 is 0 Å². The molecule has 1 aliphatic carbocycles. The van der Waals surface area contributed by atoms with Gasteiger partial charge in [-0.25, -0.2) is 8.42 Å². The van der Waals surface area contributed by atoms with Gasteiger partial charge in [0.2, 0.25) is 0 Å². The maximum absolute atomic E-state index is 11.9. The molecule has 84 valence electrons. The first-order valence-electron chi connectivity index (χ1n) is 5.46. The van der Waals surface area contributed by atoms with Crippen molar-refractivity contribution in [2.24, 2.45) is 11.7 Å². The highest BCUT2D eigenvalue weighted by Gasteiger charge is 2.38. The first-order chi connectivity index (χ1) is 6.49. The van der Waals surface area contributed by atoms with E-state index < -0.39 is 9.84 Å². The second kappa shape index (κ2) is 4.62. The third kappa shape index (κ3) is 2.48. The van der Waals surface area contributed by atoms with Crippen molar-refractivity contribution in [2.75, 3.05) is 5.75 Å². The second-order valence-corrected chi connectivity index (χ2v) is 6.70. The molecule has 1 saturated carbocycles. The molecule has 4 heteroatoms. The number of unbranched alkanes of at least 4 members (excludes halogenated alkanes) is 1. The topological polar surface area (TPSA) is 60.2 Å². The van der Waals surface area contributed by atoms with Gasteiger partial charge in [-0.2, -0.15) is 0 Å². The molecule has 0 bridgehead atoms. The van der Waals surface area contributed by atoms with Crippen molar-refractivity contribution < 1.29 is 8.42 Å². The van der Waals surface area contributed by atoms with Gasteiger partial charge < -0.3 is 5.73 Å². The molecule has 0 aromatic heterocycles. The molecule has 1 fully saturated rings. The molecule has 2 N–H and O–H groups in total. The monoisotopic (exact) mass is 219 g/mol. The minimum atomic E-state index is -2.88. The molecule has 3 atom stereocenters. The molecule has 0 aromatic carbocycles. The average molecular weight is 219 g/mol. The minimum absolute atomic E-state index is 0.0800.